The minimum Gasteiger partial charge on any atom is -0.506 e. The Morgan fingerprint density at radius 1 is 1.29 bits per heavy atom. The van der Waals surface area contributed by atoms with E-state index in [0.29, 0.717) is 40.7 Å². The van der Waals surface area contributed by atoms with Crippen molar-refractivity contribution < 1.29 is 24.1 Å². The van der Waals surface area contributed by atoms with Crippen LogP contribution in [0.15, 0.2) is 36.7 Å². The molecule has 3 N–H and O–H groups in total. The van der Waals surface area contributed by atoms with Crippen LogP contribution in [-0.2, 0) is 6.54 Å². The maximum absolute atomic E-state index is 14.5. The quantitative estimate of drug-likeness (QED) is 0.395. The van der Waals surface area contributed by atoms with Crippen molar-refractivity contribution in [2.45, 2.75) is 13.5 Å². The molecule has 160 valence electrons. The van der Waals surface area contributed by atoms with Gasteiger partial charge in [0.15, 0.2) is 4.88 Å². The molecule has 4 rings (SSSR count). The third kappa shape index (κ3) is 3.89. The Bertz CT molecular complexity index is 1280. The molecule has 0 spiro atoms. The van der Waals surface area contributed by atoms with Crippen LogP contribution in [0.2, 0.25) is 0 Å². The molecule has 0 unspecified atom stereocenters. The Kier molecular flexibility index (Phi) is 5.47. The predicted molar refractivity (Wildman–Crippen MR) is 116 cm³/mol. The van der Waals surface area contributed by atoms with Crippen LogP contribution in [0.1, 0.15) is 15.4 Å². The molecule has 0 saturated carbocycles. The number of aryl methyl sites for hydroxylation is 1. The largest absolute Gasteiger partial charge is 0.506 e. The lowest BCUT2D eigenvalue weighted by Gasteiger charge is -2.11. The number of halogens is 1. The lowest BCUT2D eigenvalue weighted by Crippen LogP contribution is -2.12. The number of anilines is 1. The molecular formula is C21H19FN4O4S. The third-order valence-electron chi connectivity index (χ3n) is 4.86. The molecule has 31 heavy (non-hydrogen) atoms. The molecular weight excluding hydrogens is 423 g/mol. The van der Waals surface area contributed by atoms with Crippen LogP contribution < -0.4 is 10.1 Å². The summed E-state index contributed by atoms with van der Waals surface area (Å²) < 4.78 is 21.7. The second-order valence-corrected chi connectivity index (χ2v) is 7.85. The molecule has 3 aromatic heterocycles. The Morgan fingerprint density at radius 3 is 2.81 bits per heavy atom. The number of carboxylic acids is 1. The van der Waals surface area contributed by atoms with E-state index in [0.717, 1.165) is 22.4 Å². The highest BCUT2D eigenvalue weighted by atomic mass is 32.1. The number of thiophene rings is 1. The topological polar surface area (TPSA) is 110 Å². The molecule has 0 bridgehead atoms. The maximum Gasteiger partial charge on any atom is 0.349 e. The van der Waals surface area contributed by atoms with Crippen molar-refractivity contribution in [1.29, 1.82) is 0 Å². The van der Waals surface area contributed by atoms with E-state index < -0.39 is 5.97 Å². The van der Waals surface area contributed by atoms with Crippen LogP contribution >= 0.6 is 11.3 Å². The molecule has 0 saturated heterocycles. The Labute approximate surface area is 180 Å². The zero-order valence-corrected chi connectivity index (χ0v) is 17.5. The lowest BCUT2D eigenvalue weighted by molar-refractivity contribution is 0.0699. The van der Waals surface area contributed by atoms with Crippen LogP contribution in [-0.4, -0.2) is 44.4 Å². The number of nitrogens with one attached hydrogen (secondary N) is 1. The number of hydrogen-bond acceptors (Lipinski definition) is 7. The van der Waals surface area contributed by atoms with Gasteiger partial charge in [0.2, 0.25) is 0 Å². The molecule has 0 radical (unpaired) electrons. The minimum atomic E-state index is -1.20. The summed E-state index contributed by atoms with van der Waals surface area (Å²) in [5, 5.41) is 22.8. The first-order valence-corrected chi connectivity index (χ1v) is 10.2. The number of ether oxygens (including phenoxy) is 1. The summed E-state index contributed by atoms with van der Waals surface area (Å²) in [7, 11) is 1.56. The van der Waals surface area contributed by atoms with E-state index in [-0.39, 0.29) is 16.4 Å². The number of nitrogens with zero attached hydrogens (tertiary/aromatic N) is 3. The van der Waals surface area contributed by atoms with Gasteiger partial charge in [0.25, 0.3) is 0 Å². The van der Waals surface area contributed by atoms with Gasteiger partial charge in [-0.1, -0.05) is 0 Å². The van der Waals surface area contributed by atoms with Gasteiger partial charge in [-0.25, -0.2) is 19.2 Å². The third-order valence-corrected chi connectivity index (χ3v) is 6.00. The SMILES string of the molecule is COc1ccc(F)c2c1cc(C)n2CCNc1cc(-c2cc(O)c(C(=O)O)s2)ncn1. The Hall–Kier alpha value is -3.66. The molecule has 4 aromatic rings. The fourth-order valence-electron chi connectivity index (χ4n) is 3.45. The van der Waals surface area contributed by atoms with Gasteiger partial charge in [0.1, 0.15) is 29.5 Å². The molecule has 3 heterocycles. The van der Waals surface area contributed by atoms with Crippen molar-refractivity contribution in [2.75, 3.05) is 19.0 Å². The lowest BCUT2D eigenvalue weighted by atomic mass is 10.2. The second kappa shape index (κ2) is 8.23. The summed E-state index contributed by atoms with van der Waals surface area (Å²) in [6, 6.07) is 7.93. The first-order chi connectivity index (χ1) is 14.9. The monoisotopic (exact) mass is 442 g/mol. The molecule has 8 nitrogen and oxygen atoms in total. The number of aromatic nitrogens is 3. The zero-order valence-electron chi connectivity index (χ0n) is 16.7. The average Bonchev–Trinajstić information content (AvgIpc) is 3.29. The van der Waals surface area contributed by atoms with Gasteiger partial charge in [0, 0.05) is 36.3 Å². The molecule has 0 aliphatic carbocycles. The number of benzene rings is 1. The average molecular weight is 442 g/mol. The van der Waals surface area contributed by atoms with E-state index in [1.807, 2.05) is 17.6 Å². The number of carboxylic acid groups (broad SMARTS) is 1. The smallest absolute Gasteiger partial charge is 0.349 e. The molecule has 0 aliphatic rings. The molecule has 0 aliphatic heterocycles. The summed E-state index contributed by atoms with van der Waals surface area (Å²) in [6.45, 7) is 2.86. The number of rotatable bonds is 7. The van der Waals surface area contributed by atoms with Gasteiger partial charge in [0.05, 0.1) is 23.2 Å². The van der Waals surface area contributed by atoms with Gasteiger partial charge in [-0.05, 0) is 25.1 Å². The molecule has 0 atom stereocenters. The molecule has 10 heteroatoms. The molecule has 0 fully saturated rings. The predicted octanol–water partition coefficient (Wildman–Crippen LogP) is 4.13. The van der Waals surface area contributed by atoms with E-state index in [2.05, 4.69) is 15.3 Å². The zero-order chi connectivity index (χ0) is 22.1. The van der Waals surface area contributed by atoms with Gasteiger partial charge in [-0.2, -0.15) is 0 Å². The number of aromatic hydroxyl groups is 1. The summed E-state index contributed by atoms with van der Waals surface area (Å²) in [4.78, 5) is 19.8. The molecule has 1 aromatic carbocycles. The summed E-state index contributed by atoms with van der Waals surface area (Å²) in [5.41, 5.74) is 1.87. The second-order valence-electron chi connectivity index (χ2n) is 6.79. The van der Waals surface area contributed by atoms with Gasteiger partial charge >= 0.3 is 5.97 Å². The van der Waals surface area contributed by atoms with Crippen LogP contribution in [0.5, 0.6) is 11.5 Å². The fraction of sp³-hybridized carbons (Fsp3) is 0.190. The van der Waals surface area contributed by atoms with Crippen LogP contribution in [0.25, 0.3) is 21.5 Å². The number of fused-ring (bicyclic) bond motifs is 1. The van der Waals surface area contributed by atoms with Gasteiger partial charge in [-0.15, -0.1) is 11.3 Å². The summed E-state index contributed by atoms with van der Waals surface area (Å²) >= 11 is 0.934. The van der Waals surface area contributed by atoms with E-state index in [1.165, 1.54) is 18.5 Å². The number of hydrogen-bond donors (Lipinski definition) is 3. The Balaban J connectivity index is 1.53. The highest BCUT2D eigenvalue weighted by Crippen LogP contribution is 2.35. The normalized spacial score (nSPS) is 11.1. The van der Waals surface area contributed by atoms with Crippen LogP contribution in [0, 0.1) is 12.7 Å². The van der Waals surface area contributed by atoms with E-state index in [1.54, 1.807) is 19.2 Å². The van der Waals surface area contributed by atoms with Crippen LogP contribution in [0.4, 0.5) is 10.2 Å². The van der Waals surface area contributed by atoms with Gasteiger partial charge < -0.3 is 24.8 Å². The minimum absolute atomic E-state index is 0.143. The highest BCUT2D eigenvalue weighted by Gasteiger charge is 2.17. The van der Waals surface area contributed by atoms with E-state index in [9.17, 15) is 14.3 Å². The van der Waals surface area contributed by atoms with E-state index >= 15 is 0 Å². The first kappa shape index (κ1) is 20.6. The Morgan fingerprint density at radius 2 is 2.10 bits per heavy atom. The van der Waals surface area contributed by atoms with Crippen molar-refractivity contribution in [3.63, 3.8) is 0 Å². The highest BCUT2D eigenvalue weighted by molar-refractivity contribution is 7.17. The van der Waals surface area contributed by atoms with Crippen molar-refractivity contribution >= 4 is 34.0 Å². The van der Waals surface area contributed by atoms with Crippen molar-refractivity contribution in [3.8, 4) is 22.1 Å². The number of aromatic carboxylic acids is 1. The van der Waals surface area contributed by atoms with Crippen molar-refractivity contribution in [1.82, 2.24) is 14.5 Å². The molecule has 0 amide bonds. The standard InChI is InChI=1S/C21H19FN4O4S/c1-11-7-12-16(30-2)4-3-13(22)19(12)26(11)6-5-23-18-8-14(24-10-25-18)17-9-15(27)20(31-17)21(28)29/h3-4,7-10,27H,5-6H2,1-2H3,(H,28,29)(H,23,24,25). The number of carbonyl (C=O) groups is 1. The van der Waals surface area contributed by atoms with Crippen molar-refractivity contribution in [3.05, 3.63) is 53.0 Å². The number of methoxy groups -OCH3 is 1. The summed E-state index contributed by atoms with van der Waals surface area (Å²) in [5.74, 6) is -0.666. The van der Waals surface area contributed by atoms with E-state index in [4.69, 9.17) is 9.84 Å². The van der Waals surface area contributed by atoms with Crippen molar-refractivity contribution in [2.24, 2.45) is 0 Å². The first-order valence-electron chi connectivity index (χ1n) is 9.33. The maximum atomic E-state index is 14.5. The summed E-state index contributed by atoms with van der Waals surface area (Å²) in [6.07, 6.45) is 1.36. The van der Waals surface area contributed by atoms with Gasteiger partial charge in [-0.3, -0.25) is 0 Å². The van der Waals surface area contributed by atoms with Crippen LogP contribution in [0.3, 0.4) is 0 Å². The fourth-order valence-corrected chi connectivity index (χ4v) is 4.31.